The van der Waals surface area contributed by atoms with Crippen LogP contribution in [0.2, 0.25) is 5.02 Å². The van der Waals surface area contributed by atoms with Gasteiger partial charge >= 0.3 is 0 Å². The van der Waals surface area contributed by atoms with Crippen molar-refractivity contribution in [1.29, 1.82) is 0 Å². The molecule has 0 atom stereocenters. The number of nitro groups is 1. The normalized spacial score (nSPS) is 10.3. The summed E-state index contributed by atoms with van der Waals surface area (Å²) in [6.07, 6.45) is 0.783. The molecule has 0 aromatic heterocycles. The zero-order valence-corrected chi connectivity index (χ0v) is 13.0. The first kappa shape index (κ1) is 16.0. The number of amides is 1. The maximum absolute atomic E-state index is 12.4. The SMILES string of the molecule is CCc1cccc(C)c1NC(=O)c1ccc([N+](=O)[O-])cc1Cl. The van der Waals surface area contributed by atoms with E-state index in [2.05, 4.69) is 5.32 Å². The third-order valence-corrected chi connectivity index (χ3v) is 3.70. The lowest BCUT2D eigenvalue weighted by Crippen LogP contribution is -2.15. The summed E-state index contributed by atoms with van der Waals surface area (Å²) in [6, 6.07) is 9.59. The molecular weight excluding hydrogens is 304 g/mol. The van der Waals surface area contributed by atoms with E-state index in [9.17, 15) is 14.9 Å². The molecule has 114 valence electrons. The fourth-order valence-corrected chi connectivity index (χ4v) is 2.45. The smallest absolute Gasteiger partial charge is 0.270 e. The fourth-order valence-electron chi connectivity index (χ4n) is 2.18. The lowest BCUT2D eigenvalue weighted by Gasteiger charge is -2.13. The van der Waals surface area contributed by atoms with Crippen LogP contribution in [0.1, 0.15) is 28.4 Å². The molecule has 0 radical (unpaired) electrons. The van der Waals surface area contributed by atoms with Crippen molar-refractivity contribution >= 4 is 28.9 Å². The Balaban J connectivity index is 2.32. The number of hydrogen-bond acceptors (Lipinski definition) is 3. The summed E-state index contributed by atoms with van der Waals surface area (Å²) in [6.45, 7) is 3.91. The van der Waals surface area contributed by atoms with E-state index in [0.717, 1.165) is 23.2 Å². The van der Waals surface area contributed by atoms with Crippen LogP contribution < -0.4 is 5.32 Å². The summed E-state index contributed by atoms with van der Waals surface area (Å²) in [5, 5.41) is 13.6. The highest BCUT2D eigenvalue weighted by molar-refractivity contribution is 6.34. The number of nitrogens with one attached hydrogen (secondary N) is 1. The Hall–Kier alpha value is -2.40. The molecule has 0 aliphatic heterocycles. The van der Waals surface area contributed by atoms with Gasteiger partial charge in [-0.15, -0.1) is 0 Å². The molecule has 1 N–H and O–H groups in total. The van der Waals surface area contributed by atoms with E-state index in [1.54, 1.807) is 0 Å². The summed E-state index contributed by atoms with van der Waals surface area (Å²) >= 11 is 5.98. The van der Waals surface area contributed by atoms with E-state index in [4.69, 9.17) is 11.6 Å². The second kappa shape index (κ2) is 6.58. The van der Waals surface area contributed by atoms with Gasteiger partial charge in [-0.1, -0.05) is 36.7 Å². The highest BCUT2D eigenvalue weighted by atomic mass is 35.5. The summed E-state index contributed by atoms with van der Waals surface area (Å²) in [7, 11) is 0. The molecule has 0 saturated heterocycles. The molecule has 2 aromatic rings. The molecule has 6 heteroatoms. The van der Waals surface area contributed by atoms with E-state index >= 15 is 0 Å². The molecule has 0 aliphatic rings. The number of halogens is 1. The predicted molar refractivity (Wildman–Crippen MR) is 86.6 cm³/mol. The highest BCUT2D eigenvalue weighted by Crippen LogP contribution is 2.26. The molecule has 0 bridgehead atoms. The quantitative estimate of drug-likeness (QED) is 0.672. The standard InChI is InChI=1S/C16H15ClN2O3/c1-3-11-6-4-5-10(2)15(11)18-16(20)13-8-7-12(19(21)22)9-14(13)17/h4-9H,3H2,1-2H3,(H,18,20). The lowest BCUT2D eigenvalue weighted by molar-refractivity contribution is -0.384. The molecule has 2 rings (SSSR count). The molecule has 5 nitrogen and oxygen atoms in total. The Bertz CT molecular complexity index is 744. The van der Waals surface area contributed by atoms with Gasteiger partial charge in [0.05, 0.1) is 15.5 Å². The number of carbonyl (C=O) groups excluding carboxylic acids is 1. The third-order valence-electron chi connectivity index (χ3n) is 3.39. The Labute approximate surface area is 133 Å². The van der Waals surface area contributed by atoms with Crippen LogP contribution in [0, 0.1) is 17.0 Å². The van der Waals surface area contributed by atoms with Crippen molar-refractivity contribution in [3.8, 4) is 0 Å². The monoisotopic (exact) mass is 318 g/mol. The zero-order valence-electron chi connectivity index (χ0n) is 12.2. The minimum atomic E-state index is -0.551. The lowest BCUT2D eigenvalue weighted by atomic mass is 10.1. The molecule has 0 aliphatic carbocycles. The average molecular weight is 319 g/mol. The van der Waals surface area contributed by atoms with Crippen molar-refractivity contribution in [2.75, 3.05) is 5.32 Å². The summed E-state index contributed by atoms with van der Waals surface area (Å²) in [5.74, 6) is -0.385. The number of anilines is 1. The largest absolute Gasteiger partial charge is 0.321 e. The van der Waals surface area contributed by atoms with E-state index in [1.165, 1.54) is 18.2 Å². The second-order valence-electron chi connectivity index (χ2n) is 4.84. The zero-order chi connectivity index (χ0) is 16.3. The molecule has 1 amide bonds. The van der Waals surface area contributed by atoms with Crippen molar-refractivity contribution < 1.29 is 9.72 Å². The first-order valence-electron chi connectivity index (χ1n) is 6.77. The van der Waals surface area contributed by atoms with E-state index < -0.39 is 4.92 Å². The molecule has 0 heterocycles. The maximum atomic E-state index is 12.4. The number of benzene rings is 2. The van der Waals surface area contributed by atoms with Crippen molar-refractivity contribution in [1.82, 2.24) is 0 Å². The minimum absolute atomic E-state index is 0.0540. The van der Waals surface area contributed by atoms with Crippen LogP contribution >= 0.6 is 11.6 Å². The molecule has 0 unspecified atom stereocenters. The van der Waals surface area contributed by atoms with Gasteiger partial charge in [-0.25, -0.2) is 0 Å². The van der Waals surface area contributed by atoms with Crippen LogP contribution in [-0.4, -0.2) is 10.8 Å². The van der Waals surface area contributed by atoms with Gasteiger partial charge < -0.3 is 5.32 Å². The van der Waals surface area contributed by atoms with E-state index in [-0.39, 0.29) is 22.2 Å². The van der Waals surface area contributed by atoms with Crippen LogP contribution in [0.3, 0.4) is 0 Å². The Morgan fingerprint density at radius 2 is 2.05 bits per heavy atom. The third kappa shape index (κ3) is 3.26. The number of nitro benzene ring substituents is 1. The summed E-state index contributed by atoms with van der Waals surface area (Å²) in [4.78, 5) is 22.5. The van der Waals surface area contributed by atoms with Gasteiger partial charge in [-0.3, -0.25) is 14.9 Å². The molecule has 0 fully saturated rings. The van der Waals surface area contributed by atoms with Crippen molar-refractivity contribution in [3.63, 3.8) is 0 Å². The molecule has 22 heavy (non-hydrogen) atoms. The Kier molecular flexibility index (Phi) is 4.78. The van der Waals surface area contributed by atoms with Gasteiger partial charge in [0.2, 0.25) is 0 Å². The summed E-state index contributed by atoms with van der Waals surface area (Å²) < 4.78 is 0. The second-order valence-corrected chi connectivity index (χ2v) is 5.25. The first-order chi connectivity index (χ1) is 10.4. The van der Waals surface area contributed by atoms with Gasteiger partial charge in [0.15, 0.2) is 0 Å². The molecule has 2 aromatic carbocycles. The van der Waals surface area contributed by atoms with Crippen LogP contribution in [0.15, 0.2) is 36.4 Å². The molecular formula is C16H15ClN2O3. The van der Waals surface area contributed by atoms with Gasteiger partial charge in [-0.05, 0) is 30.5 Å². The van der Waals surface area contributed by atoms with Gasteiger partial charge in [-0.2, -0.15) is 0 Å². The Morgan fingerprint density at radius 3 is 2.64 bits per heavy atom. The Morgan fingerprint density at radius 1 is 1.32 bits per heavy atom. The summed E-state index contributed by atoms with van der Waals surface area (Å²) in [5.41, 5.74) is 2.78. The van der Waals surface area contributed by atoms with Crippen LogP contribution in [0.5, 0.6) is 0 Å². The predicted octanol–water partition coefficient (Wildman–Crippen LogP) is 4.37. The van der Waals surface area contributed by atoms with Crippen LogP contribution in [0.4, 0.5) is 11.4 Å². The number of non-ortho nitro benzene ring substituents is 1. The number of nitrogens with zero attached hydrogens (tertiary/aromatic N) is 1. The molecule has 0 saturated carbocycles. The van der Waals surface area contributed by atoms with Crippen molar-refractivity contribution in [2.24, 2.45) is 0 Å². The average Bonchev–Trinajstić information content (AvgIpc) is 2.48. The number of carbonyl (C=O) groups is 1. The van der Waals surface area contributed by atoms with E-state index in [1.807, 2.05) is 32.0 Å². The maximum Gasteiger partial charge on any atom is 0.270 e. The van der Waals surface area contributed by atoms with Crippen LogP contribution in [0.25, 0.3) is 0 Å². The highest BCUT2D eigenvalue weighted by Gasteiger charge is 2.16. The van der Waals surface area contributed by atoms with E-state index in [0.29, 0.717) is 0 Å². The van der Waals surface area contributed by atoms with Gasteiger partial charge in [0.25, 0.3) is 11.6 Å². The minimum Gasteiger partial charge on any atom is -0.321 e. The van der Waals surface area contributed by atoms with Crippen molar-refractivity contribution in [3.05, 3.63) is 68.2 Å². The number of para-hydroxylation sites is 1. The number of rotatable bonds is 4. The van der Waals surface area contributed by atoms with Crippen molar-refractivity contribution in [2.45, 2.75) is 20.3 Å². The topological polar surface area (TPSA) is 72.2 Å². The van der Waals surface area contributed by atoms with Gasteiger partial charge in [0, 0.05) is 17.8 Å². The van der Waals surface area contributed by atoms with Gasteiger partial charge in [0.1, 0.15) is 0 Å². The first-order valence-corrected chi connectivity index (χ1v) is 7.15. The van der Waals surface area contributed by atoms with Crippen LogP contribution in [-0.2, 0) is 6.42 Å². The number of hydrogen-bond donors (Lipinski definition) is 1. The number of aryl methyl sites for hydroxylation is 2. The molecule has 0 spiro atoms. The fraction of sp³-hybridized carbons (Fsp3) is 0.188.